The number of para-hydroxylation sites is 1. The first-order valence-electron chi connectivity index (χ1n) is 18.3. The fraction of sp³-hybridized carbons (Fsp3) is 0. The number of hydrogen-bond acceptors (Lipinski definition) is 5. The molecule has 4 heterocycles. The quantitative estimate of drug-likeness (QED) is 0.179. The third kappa shape index (κ3) is 5.39. The van der Waals surface area contributed by atoms with Crippen LogP contribution in [0.1, 0.15) is 0 Å². The van der Waals surface area contributed by atoms with Gasteiger partial charge in [-0.05, 0) is 69.1 Å². The van der Waals surface area contributed by atoms with Gasteiger partial charge in [-0.25, -0.2) is 24.9 Å². The average Bonchev–Trinajstić information content (AvgIpc) is 3.66. The summed E-state index contributed by atoms with van der Waals surface area (Å²) in [5.41, 5.74) is 10.7. The Morgan fingerprint density at radius 3 is 1.62 bits per heavy atom. The third-order valence-corrected chi connectivity index (χ3v) is 10.4. The molecule has 0 aliphatic carbocycles. The zero-order chi connectivity index (χ0) is 36.3. The molecule has 0 spiro atoms. The summed E-state index contributed by atoms with van der Waals surface area (Å²) in [5, 5.41) is 5.68. The molecule has 0 aliphatic rings. The molecular weight excluding hydrogens is 673 g/mol. The fourth-order valence-corrected chi connectivity index (χ4v) is 7.63. The normalized spacial score (nSPS) is 11.6. The predicted octanol–water partition coefficient (Wildman–Crippen LogP) is 11.9. The summed E-state index contributed by atoms with van der Waals surface area (Å²) < 4.78 is 2.14. The number of rotatable bonds is 5. The molecule has 0 unspecified atom stereocenters. The summed E-state index contributed by atoms with van der Waals surface area (Å²) >= 11 is 0. The van der Waals surface area contributed by atoms with E-state index in [0.717, 1.165) is 77.4 Å². The molecule has 0 radical (unpaired) electrons. The number of pyridine rings is 2. The van der Waals surface area contributed by atoms with Crippen molar-refractivity contribution in [3.8, 4) is 56.5 Å². The molecule has 0 aliphatic heterocycles. The lowest BCUT2D eigenvalue weighted by atomic mass is 9.99. The van der Waals surface area contributed by atoms with Gasteiger partial charge in [0, 0.05) is 33.8 Å². The first-order valence-corrected chi connectivity index (χ1v) is 18.3. The Morgan fingerprint density at radius 1 is 0.345 bits per heavy atom. The van der Waals surface area contributed by atoms with Gasteiger partial charge in [0.25, 0.3) is 0 Å². The molecule has 256 valence electrons. The summed E-state index contributed by atoms with van der Waals surface area (Å²) in [4.78, 5) is 25.4. The van der Waals surface area contributed by atoms with E-state index in [4.69, 9.17) is 24.9 Å². The molecule has 0 saturated heterocycles. The average molecular weight is 703 g/mol. The van der Waals surface area contributed by atoms with Gasteiger partial charge in [-0.15, -0.1) is 0 Å². The van der Waals surface area contributed by atoms with Crippen molar-refractivity contribution in [1.29, 1.82) is 0 Å². The van der Waals surface area contributed by atoms with Gasteiger partial charge in [0.1, 0.15) is 11.2 Å². The second-order valence-corrected chi connectivity index (χ2v) is 13.8. The summed E-state index contributed by atoms with van der Waals surface area (Å²) in [6, 6.07) is 60.8. The zero-order valence-electron chi connectivity index (χ0n) is 29.5. The van der Waals surface area contributed by atoms with Gasteiger partial charge in [0.15, 0.2) is 17.5 Å². The fourth-order valence-electron chi connectivity index (χ4n) is 7.63. The van der Waals surface area contributed by atoms with Crippen molar-refractivity contribution in [3.05, 3.63) is 182 Å². The van der Waals surface area contributed by atoms with Gasteiger partial charge in [0.2, 0.25) is 0 Å². The molecule has 0 atom stereocenters. The van der Waals surface area contributed by atoms with E-state index in [9.17, 15) is 0 Å². The van der Waals surface area contributed by atoms with Crippen LogP contribution in [-0.2, 0) is 0 Å². The highest BCUT2D eigenvalue weighted by Gasteiger charge is 2.17. The van der Waals surface area contributed by atoms with Gasteiger partial charge >= 0.3 is 0 Å². The second-order valence-electron chi connectivity index (χ2n) is 13.8. The standard InChI is InChI=1S/C49H30N6/c1-3-12-35-29-39(25-21-31(35)10-1)48-52-47(53-49(54-48)40-26-22-32-11-2-4-13-36(32)30-40)34-23-19-33(20-24-34)37-14-9-15-38(28-37)44-46-45(41-16-5-6-17-42(41)50-44)51-43-18-7-8-27-55(43)46/h1-30H. The molecule has 0 saturated carbocycles. The smallest absolute Gasteiger partial charge is 0.164 e. The van der Waals surface area contributed by atoms with Crippen molar-refractivity contribution in [3.63, 3.8) is 0 Å². The number of imidazole rings is 1. The minimum absolute atomic E-state index is 0.622. The Labute approximate surface area is 316 Å². The van der Waals surface area contributed by atoms with Crippen LogP contribution in [0.5, 0.6) is 0 Å². The Morgan fingerprint density at radius 2 is 0.909 bits per heavy atom. The number of fused-ring (bicyclic) bond motifs is 7. The lowest BCUT2D eigenvalue weighted by Gasteiger charge is -2.11. The lowest BCUT2D eigenvalue weighted by molar-refractivity contribution is 1.08. The number of hydrogen-bond donors (Lipinski definition) is 0. The monoisotopic (exact) mass is 702 g/mol. The first-order chi connectivity index (χ1) is 27.2. The van der Waals surface area contributed by atoms with Gasteiger partial charge in [0.05, 0.1) is 16.7 Å². The van der Waals surface area contributed by atoms with Crippen LogP contribution in [0.2, 0.25) is 0 Å². The summed E-state index contributed by atoms with van der Waals surface area (Å²) in [6.45, 7) is 0. The topological polar surface area (TPSA) is 68.9 Å². The van der Waals surface area contributed by atoms with E-state index in [1.807, 2.05) is 30.3 Å². The maximum atomic E-state index is 5.20. The Bertz CT molecular complexity index is 3180. The minimum Gasteiger partial charge on any atom is -0.298 e. The molecule has 0 bridgehead atoms. The largest absolute Gasteiger partial charge is 0.298 e. The molecule has 0 amide bonds. The zero-order valence-corrected chi connectivity index (χ0v) is 29.5. The number of aromatic nitrogens is 6. The van der Waals surface area contributed by atoms with Gasteiger partial charge in [-0.2, -0.15) is 0 Å². The van der Waals surface area contributed by atoms with Gasteiger partial charge < -0.3 is 0 Å². The third-order valence-electron chi connectivity index (χ3n) is 10.4. The van der Waals surface area contributed by atoms with Crippen molar-refractivity contribution in [2.24, 2.45) is 0 Å². The molecule has 0 N–H and O–H groups in total. The predicted molar refractivity (Wildman–Crippen MR) is 224 cm³/mol. The molecular formula is C49H30N6. The van der Waals surface area contributed by atoms with E-state index < -0.39 is 0 Å². The maximum Gasteiger partial charge on any atom is 0.164 e. The highest BCUT2D eigenvalue weighted by molar-refractivity contribution is 6.09. The Hall–Kier alpha value is -7.57. The van der Waals surface area contributed by atoms with Crippen LogP contribution in [0.15, 0.2) is 182 Å². The van der Waals surface area contributed by atoms with Crippen LogP contribution in [-0.4, -0.2) is 29.3 Å². The highest BCUT2D eigenvalue weighted by Crippen LogP contribution is 2.35. The van der Waals surface area contributed by atoms with E-state index in [1.165, 1.54) is 10.8 Å². The van der Waals surface area contributed by atoms with Gasteiger partial charge in [-0.1, -0.05) is 140 Å². The Kier molecular flexibility index (Phi) is 7.07. The van der Waals surface area contributed by atoms with Crippen LogP contribution in [0, 0.1) is 0 Å². The van der Waals surface area contributed by atoms with E-state index in [-0.39, 0.29) is 0 Å². The summed E-state index contributed by atoms with van der Waals surface area (Å²) in [7, 11) is 0. The molecule has 4 aromatic heterocycles. The van der Waals surface area contributed by atoms with Crippen molar-refractivity contribution in [2.75, 3.05) is 0 Å². The molecule has 55 heavy (non-hydrogen) atoms. The number of benzene rings is 7. The van der Waals surface area contributed by atoms with Crippen LogP contribution < -0.4 is 0 Å². The van der Waals surface area contributed by atoms with E-state index >= 15 is 0 Å². The molecule has 7 aromatic carbocycles. The van der Waals surface area contributed by atoms with E-state index in [0.29, 0.717) is 17.5 Å². The van der Waals surface area contributed by atoms with Crippen molar-refractivity contribution in [2.45, 2.75) is 0 Å². The van der Waals surface area contributed by atoms with E-state index in [2.05, 4.69) is 156 Å². The first kappa shape index (κ1) is 31.0. The van der Waals surface area contributed by atoms with Crippen molar-refractivity contribution in [1.82, 2.24) is 29.3 Å². The van der Waals surface area contributed by atoms with Crippen LogP contribution >= 0.6 is 0 Å². The minimum atomic E-state index is 0.622. The lowest BCUT2D eigenvalue weighted by Crippen LogP contribution is -2.00. The Balaban J connectivity index is 1.01. The van der Waals surface area contributed by atoms with E-state index in [1.54, 1.807) is 0 Å². The maximum absolute atomic E-state index is 5.20. The molecule has 6 nitrogen and oxygen atoms in total. The van der Waals surface area contributed by atoms with Crippen molar-refractivity contribution >= 4 is 49.1 Å². The highest BCUT2D eigenvalue weighted by atomic mass is 15.0. The van der Waals surface area contributed by atoms with Crippen LogP contribution in [0.4, 0.5) is 0 Å². The number of nitrogens with zero attached hydrogens (tertiary/aromatic N) is 6. The van der Waals surface area contributed by atoms with Crippen LogP contribution in [0.3, 0.4) is 0 Å². The summed E-state index contributed by atoms with van der Waals surface area (Å²) in [5.74, 6) is 1.89. The van der Waals surface area contributed by atoms with Crippen molar-refractivity contribution < 1.29 is 0 Å². The molecule has 11 rings (SSSR count). The molecule has 0 fully saturated rings. The second kappa shape index (κ2) is 12.5. The molecule has 11 aromatic rings. The van der Waals surface area contributed by atoms with Crippen LogP contribution in [0.25, 0.3) is 106 Å². The SMILES string of the molecule is c1cc(-c2ccc(-c3nc(-c4ccc5ccccc5c4)nc(-c4ccc5ccccc5c4)n3)cc2)cc(-c2nc3ccccc3c3nc4ccccn4c23)c1. The summed E-state index contributed by atoms with van der Waals surface area (Å²) in [6.07, 6.45) is 2.06. The molecule has 6 heteroatoms. The van der Waals surface area contributed by atoms with Gasteiger partial charge in [-0.3, -0.25) is 4.40 Å².